The van der Waals surface area contributed by atoms with Crippen molar-refractivity contribution in [2.24, 2.45) is 4.99 Å². The summed E-state index contributed by atoms with van der Waals surface area (Å²) in [5.74, 6) is -1.69. The SMILES string of the molecule is COC(=O)c1cc2c(cc1C)c(C(=Nc1ccc(C(=O)NOCCBr)cc1)c1ccccc1)c(O)n2C(C)=O. The van der Waals surface area contributed by atoms with Crippen LogP contribution >= 0.6 is 15.9 Å². The number of alkyl halides is 1. The predicted octanol–water partition coefficient (Wildman–Crippen LogP) is 5.33. The van der Waals surface area contributed by atoms with E-state index >= 15 is 0 Å². The van der Waals surface area contributed by atoms with Gasteiger partial charge in [0, 0.05) is 28.8 Å². The fourth-order valence-corrected chi connectivity index (χ4v) is 4.36. The van der Waals surface area contributed by atoms with Crippen LogP contribution in [0.25, 0.3) is 10.9 Å². The van der Waals surface area contributed by atoms with Crippen molar-refractivity contribution in [3.05, 3.63) is 94.5 Å². The van der Waals surface area contributed by atoms with E-state index in [2.05, 4.69) is 21.4 Å². The van der Waals surface area contributed by atoms with Gasteiger partial charge in [0.05, 0.1) is 41.8 Å². The number of fused-ring (bicyclic) bond motifs is 1. The van der Waals surface area contributed by atoms with Gasteiger partial charge in [-0.25, -0.2) is 15.3 Å². The molecular formula is C29H26BrN3O6. The van der Waals surface area contributed by atoms with E-state index < -0.39 is 17.8 Å². The van der Waals surface area contributed by atoms with Gasteiger partial charge in [-0.3, -0.25) is 19.0 Å². The highest BCUT2D eigenvalue weighted by Crippen LogP contribution is 2.36. The number of methoxy groups -OCH3 is 1. The van der Waals surface area contributed by atoms with Crippen molar-refractivity contribution < 1.29 is 29.1 Å². The standard InChI is InChI=1S/C29H26BrN3O6/c1-17-15-23-24(16-22(17)29(37)38-3)33(18(2)34)28(36)25(23)26(19-7-5-4-6-8-19)31-21-11-9-20(10-12-21)27(35)32-39-14-13-30/h4-12,15-16,36H,13-14H2,1-3H3,(H,32,35). The normalized spacial score (nSPS) is 11.4. The lowest BCUT2D eigenvalue weighted by Gasteiger charge is -2.09. The van der Waals surface area contributed by atoms with Crippen molar-refractivity contribution in [3.63, 3.8) is 0 Å². The fraction of sp³-hybridized carbons (Fsp3) is 0.172. The first kappa shape index (κ1) is 27.7. The van der Waals surface area contributed by atoms with E-state index in [-0.39, 0.29) is 11.4 Å². The van der Waals surface area contributed by atoms with Crippen LogP contribution in [0.4, 0.5) is 5.69 Å². The molecule has 10 heteroatoms. The maximum Gasteiger partial charge on any atom is 0.338 e. The lowest BCUT2D eigenvalue weighted by atomic mass is 9.98. The molecule has 4 rings (SSSR count). The number of aromatic hydroxyl groups is 1. The van der Waals surface area contributed by atoms with Crippen molar-refractivity contribution in [3.8, 4) is 5.88 Å². The molecule has 0 fully saturated rings. The summed E-state index contributed by atoms with van der Waals surface area (Å²) in [6.07, 6.45) is 0. The summed E-state index contributed by atoms with van der Waals surface area (Å²) in [7, 11) is 1.28. The van der Waals surface area contributed by atoms with E-state index in [0.717, 1.165) is 4.57 Å². The molecule has 0 radical (unpaired) electrons. The molecular weight excluding hydrogens is 566 g/mol. The number of esters is 1. The molecule has 0 atom stereocenters. The zero-order valence-corrected chi connectivity index (χ0v) is 23.1. The zero-order chi connectivity index (χ0) is 28.1. The average molecular weight is 592 g/mol. The molecule has 9 nitrogen and oxygen atoms in total. The van der Waals surface area contributed by atoms with Crippen molar-refractivity contribution in [2.45, 2.75) is 13.8 Å². The highest BCUT2D eigenvalue weighted by Gasteiger charge is 2.26. The Morgan fingerprint density at radius 2 is 1.72 bits per heavy atom. The van der Waals surface area contributed by atoms with E-state index in [1.165, 1.54) is 20.1 Å². The molecule has 3 aromatic carbocycles. The molecule has 0 bridgehead atoms. The lowest BCUT2D eigenvalue weighted by Crippen LogP contribution is -2.24. The maximum absolute atomic E-state index is 12.6. The third-order valence-electron chi connectivity index (χ3n) is 6.01. The van der Waals surface area contributed by atoms with Crippen LogP contribution in [0.5, 0.6) is 5.88 Å². The van der Waals surface area contributed by atoms with Gasteiger partial charge in [0.2, 0.25) is 11.8 Å². The molecule has 0 aliphatic carbocycles. The van der Waals surface area contributed by atoms with Gasteiger partial charge in [-0.15, -0.1) is 0 Å². The molecule has 1 aromatic heterocycles. The van der Waals surface area contributed by atoms with Crippen LogP contribution < -0.4 is 5.48 Å². The van der Waals surface area contributed by atoms with Gasteiger partial charge < -0.3 is 9.84 Å². The van der Waals surface area contributed by atoms with Gasteiger partial charge in [0.25, 0.3) is 5.91 Å². The molecule has 0 saturated heterocycles. The van der Waals surface area contributed by atoms with Gasteiger partial charge in [0.1, 0.15) is 0 Å². The number of hydrogen-bond acceptors (Lipinski definition) is 7. The second-order valence-corrected chi connectivity index (χ2v) is 9.36. The summed E-state index contributed by atoms with van der Waals surface area (Å²) in [5, 5.41) is 12.5. The Morgan fingerprint density at radius 1 is 1.03 bits per heavy atom. The minimum Gasteiger partial charge on any atom is -0.494 e. The van der Waals surface area contributed by atoms with Crippen LogP contribution in [0.2, 0.25) is 0 Å². The molecule has 39 heavy (non-hydrogen) atoms. The zero-order valence-electron chi connectivity index (χ0n) is 21.5. The topological polar surface area (TPSA) is 119 Å². The number of aliphatic imine (C=N–C) groups is 1. The first-order chi connectivity index (χ1) is 18.8. The summed E-state index contributed by atoms with van der Waals surface area (Å²) in [6.45, 7) is 3.40. The number of aryl methyl sites for hydroxylation is 1. The minimum atomic E-state index is -0.551. The number of ether oxygens (including phenoxy) is 1. The van der Waals surface area contributed by atoms with Crippen LogP contribution in [0.3, 0.4) is 0 Å². The molecule has 2 N–H and O–H groups in total. The second kappa shape index (κ2) is 12.1. The number of carbonyl (C=O) groups is 3. The molecule has 0 aliphatic heterocycles. The number of aromatic nitrogens is 1. The lowest BCUT2D eigenvalue weighted by molar-refractivity contribution is 0.0377. The Kier molecular flexibility index (Phi) is 8.58. The Bertz CT molecular complexity index is 1580. The number of carbonyl (C=O) groups excluding carboxylic acids is 3. The number of halogens is 1. The van der Waals surface area contributed by atoms with Crippen LogP contribution in [-0.4, -0.2) is 52.2 Å². The van der Waals surface area contributed by atoms with Crippen LogP contribution in [0.15, 0.2) is 71.7 Å². The quantitative estimate of drug-likeness (QED) is 0.0939. The number of benzene rings is 3. The summed E-state index contributed by atoms with van der Waals surface area (Å²) in [6, 6.07) is 19.1. The summed E-state index contributed by atoms with van der Waals surface area (Å²) in [5.41, 5.74) is 5.93. The Balaban J connectivity index is 1.90. The smallest absolute Gasteiger partial charge is 0.338 e. The third kappa shape index (κ3) is 5.76. The number of hydrogen-bond donors (Lipinski definition) is 2. The summed E-state index contributed by atoms with van der Waals surface area (Å²) in [4.78, 5) is 47.2. The van der Waals surface area contributed by atoms with E-state index in [4.69, 9.17) is 14.6 Å². The van der Waals surface area contributed by atoms with Gasteiger partial charge in [-0.05, 0) is 48.9 Å². The largest absolute Gasteiger partial charge is 0.494 e. The van der Waals surface area contributed by atoms with Gasteiger partial charge in [0.15, 0.2) is 0 Å². The van der Waals surface area contributed by atoms with E-state index in [0.29, 0.717) is 56.5 Å². The van der Waals surface area contributed by atoms with Crippen molar-refractivity contribution in [1.29, 1.82) is 0 Å². The van der Waals surface area contributed by atoms with Gasteiger partial charge >= 0.3 is 5.97 Å². The molecule has 200 valence electrons. The molecule has 1 amide bonds. The van der Waals surface area contributed by atoms with Crippen molar-refractivity contribution in [1.82, 2.24) is 10.0 Å². The summed E-state index contributed by atoms with van der Waals surface area (Å²) < 4.78 is 6.04. The van der Waals surface area contributed by atoms with E-state index in [1.54, 1.807) is 37.3 Å². The Hall–Kier alpha value is -4.28. The van der Waals surface area contributed by atoms with Crippen LogP contribution in [0, 0.1) is 6.92 Å². The first-order valence-electron chi connectivity index (χ1n) is 12.0. The van der Waals surface area contributed by atoms with Gasteiger partial charge in [-0.2, -0.15) is 0 Å². The van der Waals surface area contributed by atoms with E-state index in [1.807, 2.05) is 30.3 Å². The molecule has 4 aromatic rings. The third-order valence-corrected chi connectivity index (χ3v) is 6.33. The number of nitrogens with zero attached hydrogens (tertiary/aromatic N) is 2. The van der Waals surface area contributed by atoms with Gasteiger partial charge in [-0.1, -0.05) is 46.3 Å². The maximum atomic E-state index is 12.6. The van der Waals surface area contributed by atoms with Crippen LogP contribution in [-0.2, 0) is 9.57 Å². The van der Waals surface area contributed by atoms with Crippen LogP contribution in [0.1, 0.15) is 49.1 Å². The minimum absolute atomic E-state index is 0.281. The predicted molar refractivity (Wildman–Crippen MR) is 151 cm³/mol. The molecule has 1 heterocycles. The number of nitrogens with one attached hydrogen (secondary N) is 1. The Labute approximate surface area is 233 Å². The monoisotopic (exact) mass is 591 g/mol. The van der Waals surface area contributed by atoms with E-state index in [9.17, 15) is 19.5 Å². The molecule has 0 aliphatic rings. The highest BCUT2D eigenvalue weighted by molar-refractivity contribution is 9.09. The summed E-state index contributed by atoms with van der Waals surface area (Å²) >= 11 is 3.22. The Morgan fingerprint density at radius 3 is 2.33 bits per heavy atom. The highest BCUT2D eigenvalue weighted by atomic mass is 79.9. The molecule has 0 unspecified atom stereocenters. The fourth-order valence-electron chi connectivity index (χ4n) is 4.20. The number of hydroxylamine groups is 1. The second-order valence-electron chi connectivity index (χ2n) is 8.57. The number of amides is 1. The molecule has 0 spiro atoms. The molecule has 0 saturated carbocycles. The average Bonchev–Trinajstić information content (AvgIpc) is 3.22. The number of rotatable bonds is 8. The van der Waals surface area contributed by atoms with Crippen molar-refractivity contribution in [2.75, 3.05) is 19.0 Å². The van der Waals surface area contributed by atoms with Crippen molar-refractivity contribution >= 4 is 56.0 Å². The first-order valence-corrected chi connectivity index (χ1v) is 13.1.